The topological polar surface area (TPSA) is 34.2 Å². The van der Waals surface area contributed by atoms with Crippen molar-refractivity contribution < 1.29 is 4.74 Å². The van der Waals surface area contributed by atoms with E-state index in [1.54, 1.807) is 7.11 Å². The van der Waals surface area contributed by atoms with Crippen LogP contribution in [0, 0.1) is 6.92 Å². The second kappa shape index (κ2) is 6.00. The molecule has 108 valence electrons. The van der Waals surface area contributed by atoms with E-state index in [9.17, 15) is 0 Å². The summed E-state index contributed by atoms with van der Waals surface area (Å²) in [4.78, 5) is 4.78. The highest BCUT2D eigenvalue weighted by Crippen LogP contribution is 2.40. The smallest absolute Gasteiger partial charge is 0.145 e. The second-order valence-electron chi connectivity index (χ2n) is 5.14. The molecule has 0 bridgehead atoms. The number of methoxy groups -OCH3 is 1. The fourth-order valence-corrected chi connectivity index (χ4v) is 3.19. The number of nitrogens with one attached hydrogen (secondary N) is 1. The normalized spacial score (nSPS) is 11.2. The van der Waals surface area contributed by atoms with Crippen LogP contribution in [0.25, 0.3) is 10.9 Å². The average molecular weight is 337 g/mol. The highest BCUT2D eigenvalue weighted by molar-refractivity contribution is 9.10. The third kappa shape index (κ3) is 2.49. The molecule has 0 aliphatic carbocycles. The Morgan fingerprint density at radius 3 is 2.60 bits per heavy atom. The van der Waals surface area contributed by atoms with Gasteiger partial charge in [-0.25, -0.2) is 4.98 Å². The standard InChI is InChI=1S/C16H21BrN2O/c1-6-18-16-13(9(2)3)10(4)19-15-12(20-5)8-7-11(17)14(15)16/h7-9H,6H2,1-5H3,(H,18,19). The Kier molecular flexibility index (Phi) is 4.53. The minimum Gasteiger partial charge on any atom is -0.494 e. The van der Waals surface area contributed by atoms with Crippen LogP contribution < -0.4 is 10.1 Å². The van der Waals surface area contributed by atoms with Crippen LogP contribution in [0.2, 0.25) is 0 Å². The predicted molar refractivity (Wildman–Crippen MR) is 89.0 cm³/mol. The van der Waals surface area contributed by atoms with Gasteiger partial charge in [0.1, 0.15) is 11.3 Å². The lowest BCUT2D eigenvalue weighted by Crippen LogP contribution is -2.07. The molecule has 2 aromatic rings. The maximum absolute atomic E-state index is 5.46. The van der Waals surface area contributed by atoms with E-state index in [1.807, 2.05) is 12.1 Å². The lowest BCUT2D eigenvalue weighted by molar-refractivity contribution is 0.418. The summed E-state index contributed by atoms with van der Waals surface area (Å²) in [6, 6.07) is 3.97. The number of aromatic nitrogens is 1. The summed E-state index contributed by atoms with van der Waals surface area (Å²) in [7, 11) is 1.68. The Morgan fingerprint density at radius 1 is 1.35 bits per heavy atom. The van der Waals surface area contributed by atoms with Crippen molar-refractivity contribution in [3.05, 3.63) is 27.9 Å². The van der Waals surface area contributed by atoms with Gasteiger partial charge in [-0.2, -0.15) is 0 Å². The van der Waals surface area contributed by atoms with Crippen molar-refractivity contribution in [3.63, 3.8) is 0 Å². The third-order valence-electron chi connectivity index (χ3n) is 3.43. The van der Waals surface area contributed by atoms with Gasteiger partial charge in [0.15, 0.2) is 0 Å². The number of ether oxygens (including phenoxy) is 1. The summed E-state index contributed by atoms with van der Waals surface area (Å²) >= 11 is 3.65. The van der Waals surface area contributed by atoms with Crippen molar-refractivity contribution >= 4 is 32.5 Å². The molecular formula is C16H21BrN2O. The lowest BCUT2D eigenvalue weighted by atomic mass is 9.96. The summed E-state index contributed by atoms with van der Waals surface area (Å²) < 4.78 is 6.50. The van der Waals surface area contributed by atoms with Crippen LogP contribution in [0.15, 0.2) is 16.6 Å². The van der Waals surface area contributed by atoms with E-state index in [4.69, 9.17) is 9.72 Å². The Hall–Kier alpha value is -1.29. The molecule has 0 atom stereocenters. The minimum atomic E-state index is 0.416. The molecule has 1 aromatic carbocycles. The summed E-state index contributed by atoms with van der Waals surface area (Å²) in [6.45, 7) is 9.45. The Labute approximate surface area is 128 Å². The van der Waals surface area contributed by atoms with Crippen molar-refractivity contribution in [2.24, 2.45) is 0 Å². The molecule has 0 fully saturated rings. The van der Waals surface area contributed by atoms with Crippen molar-refractivity contribution in [3.8, 4) is 5.75 Å². The Balaban J connectivity index is 2.93. The van der Waals surface area contributed by atoms with Gasteiger partial charge in [-0.1, -0.05) is 29.8 Å². The summed E-state index contributed by atoms with van der Waals surface area (Å²) in [5.74, 6) is 1.22. The number of halogens is 1. The molecule has 0 aliphatic heterocycles. The molecule has 0 spiro atoms. The van der Waals surface area contributed by atoms with E-state index < -0.39 is 0 Å². The van der Waals surface area contributed by atoms with Gasteiger partial charge in [0.05, 0.1) is 12.8 Å². The Bertz CT molecular complexity index is 638. The quantitative estimate of drug-likeness (QED) is 0.864. The number of rotatable bonds is 4. The molecule has 3 nitrogen and oxygen atoms in total. The van der Waals surface area contributed by atoms with Crippen LogP contribution in [0.5, 0.6) is 5.75 Å². The Morgan fingerprint density at radius 2 is 2.05 bits per heavy atom. The lowest BCUT2D eigenvalue weighted by Gasteiger charge is -2.20. The summed E-state index contributed by atoms with van der Waals surface area (Å²) in [6.07, 6.45) is 0. The van der Waals surface area contributed by atoms with Crippen LogP contribution in [-0.2, 0) is 0 Å². The predicted octanol–water partition coefficient (Wildman–Crippen LogP) is 4.87. The van der Waals surface area contributed by atoms with Crippen LogP contribution in [0.1, 0.15) is 37.9 Å². The highest BCUT2D eigenvalue weighted by atomic mass is 79.9. The first kappa shape index (κ1) is 15.1. The molecular weight excluding hydrogens is 316 g/mol. The molecule has 1 heterocycles. The average Bonchev–Trinajstić information content (AvgIpc) is 2.38. The van der Waals surface area contributed by atoms with Gasteiger partial charge >= 0.3 is 0 Å². The van der Waals surface area contributed by atoms with Gasteiger partial charge < -0.3 is 10.1 Å². The van der Waals surface area contributed by atoms with E-state index in [1.165, 1.54) is 5.56 Å². The first-order chi connectivity index (χ1) is 9.51. The van der Waals surface area contributed by atoms with Crippen molar-refractivity contribution in [1.82, 2.24) is 4.98 Å². The molecule has 0 saturated heterocycles. The number of benzene rings is 1. The van der Waals surface area contributed by atoms with Crippen LogP contribution in [0.3, 0.4) is 0 Å². The number of nitrogens with zero attached hydrogens (tertiary/aromatic N) is 1. The zero-order chi connectivity index (χ0) is 14.9. The van der Waals surface area contributed by atoms with Crippen molar-refractivity contribution in [2.75, 3.05) is 19.0 Å². The molecule has 0 unspecified atom stereocenters. The number of fused-ring (bicyclic) bond motifs is 1. The number of pyridine rings is 1. The van der Waals surface area contributed by atoms with E-state index >= 15 is 0 Å². The van der Waals surface area contributed by atoms with Crippen LogP contribution >= 0.6 is 15.9 Å². The van der Waals surface area contributed by atoms with Gasteiger partial charge in [-0.15, -0.1) is 0 Å². The van der Waals surface area contributed by atoms with E-state index in [0.717, 1.165) is 39.1 Å². The van der Waals surface area contributed by atoms with Gasteiger partial charge in [-0.3, -0.25) is 0 Å². The third-order valence-corrected chi connectivity index (χ3v) is 4.09. The first-order valence-corrected chi connectivity index (χ1v) is 7.71. The number of hydrogen-bond donors (Lipinski definition) is 1. The van der Waals surface area contributed by atoms with Gasteiger partial charge in [-0.05, 0) is 37.5 Å². The minimum absolute atomic E-state index is 0.416. The molecule has 0 radical (unpaired) electrons. The van der Waals surface area contributed by atoms with Crippen LogP contribution in [0.4, 0.5) is 5.69 Å². The SMILES string of the molecule is CCNc1c(C(C)C)c(C)nc2c(OC)ccc(Br)c12. The summed E-state index contributed by atoms with van der Waals surface area (Å²) in [5, 5.41) is 4.61. The van der Waals surface area contributed by atoms with Crippen LogP contribution in [-0.4, -0.2) is 18.6 Å². The molecule has 1 N–H and O–H groups in total. The fourth-order valence-electron chi connectivity index (χ4n) is 2.67. The molecule has 2 rings (SSSR count). The molecule has 0 saturated carbocycles. The zero-order valence-electron chi connectivity index (χ0n) is 12.7. The molecule has 1 aromatic heterocycles. The van der Waals surface area contributed by atoms with E-state index in [-0.39, 0.29) is 0 Å². The highest BCUT2D eigenvalue weighted by Gasteiger charge is 2.19. The maximum atomic E-state index is 5.46. The number of hydrogen-bond acceptors (Lipinski definition) is 3. The van der Waals surface area contributed by atoms with Gasteiger partial charge in [0.2, 0.25) is 0 Å². The molecule has 0 aliphatic rings. The van der Waals surface area contributed by atoms with Gasteiger partial charge in [0, 0.05) is 22.1 Å². The summed E-state index contributed by atoms with van der Waals surface area (Å²) in [5.41, 5.74) is 4.39. The fraction of sp³-hybridized carbons (Fsp3) is 0.438. The molecule has 0 amide bonds. The number of aryl methyl sites for hydroxylation is 1. The van der Waals surface area contributed by atoms with Crippen molar-refractivity contribution in [1.29, 1.82) is 0 Å². The maximum Gasteiger partial charge on any atom is 0.145 e. The van der Waals surface area contributed by atoms with Gasteiger partial charge in [0.25, 0.3) is 0 Å². The number of anilines is 1. The molecule has 4 heteroatoms. The monoisotopic (exact) mass is 336 g/mol. The largest absolute Gasteiger partial charge is 0.494 e. The van der Waals surface area contributed by atoms with Crippen molar-refractivity contribution in [2.45, 2.75) is 33.6 Å². The van der Waals surface area contributed by atoms with E-state index in [2.05, 4.69) is 48.9 Å². The molecule has 20 heavy (non-hydrogen) atoms. The zero-order valence-corrected chi connectivity index (χ0v) is 14.3. The van der Waals surface area contributed by atoms with E-state index in [0.29, 0.717) is 5.92 Å². The first-order valence-electron chi connectivity index (χ1n) is 6.91. The second-order valence-corrected chi connectivity index (χ2v) is 6.00.